The molecule has 1 N–H and O–H groups in total. The van der Waals surface area contributed by atoms with Crippen molar-refractivity contribution in [2.45, 2.75) is 45.6 Å². The third-order valence-corrected chi connectivity index (χ3v) is 4.33. The molecular weight excluding hydrogens is 234 g/mol. The molecule has 0 aliphatic carbocycles. The fraction of sp³-hybridized carbons (Fsp3) is 0.688. The minimum absolute atomic E-state index is 0.358. The number of rotatable bonds is 5. The Morgan fingerprint density at radius 1 is 1.42 bits per heavy atom. The van der Waals surface area contributed by atoms with Crippen LogP contribution in [0.25, 0.3) is 0 Å². The molecule has 0 radical (unpaired) electrons. The molecule has 1 unspecified atom stereocenters. The van der Waals surface area contributed by atoms with Gasteiger partial charge in [0.2, 0.25) is 0 Å². The SMILES string of the molecule is CCCC1CCN(c2ncccc2C(C)NC)CC1. The van der Waals surface area contributed by atoms with E-state index in [9.17, 15) is 0 Å². The number of anilines is 1. The number of nitrogens with zero attached hydrogens (tertiary/aromatic N) is 2. The molecule has 19 heavy (non-hydrogen) atoms. The Labute approximate surface area is 117 Å². The molecule has 0 spiro atoms. The van der Waals surface area contributed by atoms with Gasteiger partial charge < -0.3 is 10.2 Å². The predicted molar refractivity (Wildman–Crippen MR) is 81.6 cm³/mol. The topological polar surface area (TPSA) is 28.2 Å². The van der Waals surface area contributed by atoms with E-state index in [2.05, 4.69) is 35.1 Å². The van der Waals surface area contributed by atoms with Crippen LogP contribution >= 0.6 is 0 Å². The molecule has 1 fully saturated rings. The second-order valence-corrected chi connectivity index (χ2v) is 5.65. The van der Waals surface area contributed by atoms with Gasteiger partial charge in [-0.3, -0.25) is 0 Å². The summed E-state index contributed by atoms with van der Waals surface area (Å²) in [5, 5.41) is 3.32. The van der Waals surface area contributed by atoms with Gasteiger partial charge in [0.25, 0.3) is 0 Å². The third kappa shape index (κ3) is 3.47. The Balaban J connectivity index is 2.07. The molecule has 2 heterocycles. The van der Waals surface area contributed by atoms with E-state index in [-0.39, 0.29) is 0 Å². The minimum atomic E-state index is 0.358. The van der Waals surface area contributed by atoms with Crippen molar-refractivity contribution in [2.24, 2.45) is 5.92 Å². The largest absolute Gasteiger partial charge is 0.356 e. The van der Waals surface area contributed by atoms with Gasteiger partial charge in [0, 0.05) is 30.9 Å². The van der Waals surface area contributed by atoms with E-state index in [1.54, 1.807) is 0 Å². The molecule has 1 aliphatic heterocycles. The maximum absolute atomic E-state index is 4.63. The van der Waals surface area contributed by atoms with Crippen LogP contribution in [0.15, 0.2) is 18.3 Å². The summed E-state index contributed by atoms with van der Waals surface area (Å²) in [6.45, 7) is 6.80. The standard InChI is InChI=1S/C16H27N3/c1-4-6-14-8-11-19(12-9-14)16-15(13(2)17-3)7-5-10-18-16/h5,7,10,13-14,17H,4,6,8-9,11-12H2,1-3H3. The lowest BCUT2D eigenvalue weighted by atomic mass is 9.92. The highest BCUT2D eigenvalue weighted by molar-refractivity contribution is 5.48. The first kappa shape index (κ1) is 14.3. The fourth-order valence-corrected chi connectivity index (χ4v) is 3.01. The summed E-state index contributed by atoms with van der Waals surface area (Å²) in [4.78, 5) is 7.10. The molecule has 0 aromatic carbocycles. The van der Waals surface area contributed by atoms with Crippen molar-refractivity contribution in [3.05, 3.63) is 23.9 Å². The Hall–Kier alpha value is -1.09. The number of nitrogens with one attached hydrogen (secondary N) is 1. The van der Waals surface area contributed by atoms with Gasteiger partial charge in [-0.15, -0.1) is 0 Å². The summed E-state index contributed by atoms with van der Waals surface area (Å²) in [7, 11) is 2.01. The van der Waals surface area contributed by atoms with Crippen LogP contribution in [0.5, 0.6) is 0 Å². The van der Waals surface area contributed by atoms with Crippen molar-refractivity contribution in [1.82, 2.24) is 10.3 Å². The second kappa shape index (κ2) is 6.90. The Kier molecular flexibility index (Phi) is 5.20. The zero-order chi connectivity index (χ0) is 13.7. The second-order valence-electron chi connectivity index (χ2n) is 5.65. The quantitative estimate of drug-likeness (QED) is 0.880. The molecule has 0 saturated carbocycles. The average Bonchev–Trinajstić information content (AvgIpc) is 2.47. The first-order valence-electron chi connectivity index (χ1n) is 7.63. The lowest BCUT2D eigenvalue weighted by Gasteiger charge is -2.34. The molecule has 0 bridgehead atoms. The molecule has 2 rings (SSSR count). The number of aromatic nitrogens is 1. The molecule has 1 aromatic rings. The van der Waals surface area contributed by atoms with Crippen LogP contribution in [0.3, 0.4) is 0 Å². The van der Waals surface area contributed by atoms with Gasteiger partial charge >= 0.3 is 0 Å². The van der Waals surface area contributed by atoms with Crippen LogP contribution in [0.2, 0.25) is 0 Å². The van der Waals surface area contributed by atoms with Crippen molar-refractivity contribution in [3.8, 4) is 0 Å². The maximum atomic E-state index is 4.63. The summed E-state index contributed by atoms with van der Waals surface area (Å²) in [6.07, 6.45) is 7.25. The molecule has 1 saturated heterocycles. The van der Waals surface area contributed by atoms with Crippen LogP contribution in [-0.4, -0.2) is 25.1 Å². The molecule has 3 nitrogen and oxygen atoms in total. The number of hydrogen-bond donors (Lipinski definition) is 1. The number of hydrogen-bond acceptors (Lipinski definition) is 3. The zero-order valence-corrected chi connectivity index (χ0v) is 12.5. The molecule has 3 heteroatoms. The van der Waals surface area contributed by atoms with E-state index in [1.807, 2.05) is 19.3 Å². The van der Waals surface area contributed by atoms with Gasteiger partial charge in [0.15, 0.2) is 0 Å². The van der Waals surface area contributed by atoms with E-state index in [1.165, 1.54) is 37.1 Å². The maximum Gasteiger partial charge on any atom is 0.133 e. The molecule has 1 aliphatic rings. The molecule has 1 atom stereocenters. The average molecular weight is 261 g/mol. The predicted octanol–water partition coefficient (Wildman–Crippen LogP) is 3.38. The summed E-state index contributed by atoms with van der Waals surface area (Å²) >= 11 is 0. The van der Waals surface area contributed by atoms with E-state index in [4.69, 9.17) is 0 Å². The van der Waals surface area contributed by atoms with Crippen molar-refractivity contribution < 1.29 is 0 Å². The van der Waals surface area contributed by atoms with Gasteiger partial charge in [0.05, 0.1) is 0 Å². The van der Waals surface area contributed by atoms with Crippen LogP contribution in [0.1, 0.15) is 51.1 Å². The first-order valence-corrected chi connectivity index (χ1v) is 7.63. The van der Waals surface area contributed by atoms with Crippen LogP contribution in [0.4, 0.5) is 5.82 Å². The highest BCUT2D eigenvalue weighted by atomic mass is 15.2. The van der Waals surface area contributed by atoms with Crippen molar-refractivity contribution in [3.63, 3.8) is 0 Å². The van der Waals surface area contributed by atoms with E-state index >= 15 is 0 Å². The lowest BCUT2D eigenvalue weighted by Crippen LogP contribution is -2.35. The minimum Gasteiger partial charge on any atom is -0.356 e. The molecule has 106 valence electrons. The Bertz CT molecular complexity index is 383. The van der Waals surface area contributed by atoms with Gasteiger partial charge in [-0.25, -0.2) is 4.98 Å². The first-order chi connectivity index (χ1) is 9.26. The van der Waals surface area contributed by atoms with Crippen molar-refractivity contribution >= 4 is 5.82 Å². The van der Waals surface area contributed by atoms with E-state index < -0.39 is 0 Å². The number of pyridine rings is 1. The van der Waals surface area contributed by atoms with Gasteiger partial charge in [-0.1, -0.05) is 25.8 Å². The van der Waals surface area contributed by atoms with Crippen LogP contribution < -0.4 is 10.2 Å². The van der Waals surface area contributed by atoms with E-state index in [0.29, 0.717) is 6.04 Å². The van der Waals surface area contributed by atoms with Crippen LogP contribution in [0, 0.1) is 5.92 Å². The van der Waals surface area contributed by atoms with Crippen LogP contribution in [-0.2, 0) is 0 Å². The van der Waals surface area contributed by atoms with Gasteiger partial charge in [0.1, 0.15) is 5.82 Å². The van der Waals surface area contributed by atoms with Crippen molar-refractivity contribution in [2.75, 3.05) is 25.0 Å². The summed E-state index contributed by atoms with van der Waals surface area (Å²) in [6, 6.07) is 4.59. The van der Waals surface area contributed by atoms with Gasteiger partial charge in [-0.2, -0.15) is 0 Å². The smallest absolute Gasteiger partial charge is 0.133 e. The normalized spacial score (nSPS) is 18.6. The summed E-state index contributed by atoms with van der Waals surface area (Å²) in [5.41, 5.74) is 1.32. The molecular formula is C16H27N3. The highest BCUT2D eigenvalue weighted by Crippen LogP contribution is 2.29. The third-order valence-electron chi connectivity index (χ3n) is 4.33. The summed E-state index contributed by atoms with van der Waals surface area (Å²) < 4.78 is 0. The molecule has 1 aromatic heterocycles. The number of piperidine rings is 1. The Morgan fingerprint density at radius 3 is 2.79 bits per heavy atom. The Morgan fingerprint density at radius 2 is 2.16 bits per heavy atom. The van der Waals surface area contributed by atoms with E-state index in [0.717, 1.165) is 19.0 Å². The fourth-order valence-electron chi connectivity index (χ4n) is 3.01. The highest BCUT2D eigenvalue weighted by Gasteiger charge is 2.22. The molecule has 0 amide bonds. The summed E-state index contributed by atoms with van der Waals surface area (Å²) in [5.74, 6) is 2.11. The van der Waals surface area contributed by atoms with Crippen molar-refractivity contribution in [1.29, 1.82) is 0 Å². The lowest BCUT2D eigenvalue weighted by molar-refractivity contribution is 0.376. The monoisotopic (exact) mass is 261 g/mol. The van der Waals surface area contributed by atoms with Gasteiger partial charge in [-0.05, 0) is 38.8 Å². The zero-order valence-electron chi connectivity index (χ0n) is 12.5.